The van der Waals surface area contributed by atoms with Gasteiger partial charge < -0.3 is 5.32 Å². The third kappa shape index (κ3) is 2.01. The highest BCUT2D eigenvalue weighted by atomic mass is 35.5. The smallest absolute Gasteiger partial charge is 0.239 e. The predicted molar refractivity (Wildman–Crippen MR) is 50.0 cm³/mol. The van der Waals surface area contributed by atoms with E-state index >= 15 is 0 Å². The lowest BCUT2D eigenvalue weighted by molar-refractivity contribution is -0.118. The number of nitrogens with one attached hydrogen (secondary N) is 1. The minimum Gasteiger partial charge on any atom is -0.329 e. The lowest BCUT2D eigenvalue weighted by atomic mass is 10.1. The standard InChI is InChI=1S/C9H14ClNO/c1-6-3-4-7(2)9(6)11-8(12)5-10/h6H,3-5H2,1-2H3,(H,11,12). The molecule has 1 N–H and O–H groups in total. The first kappa shape index (κ1) is 9.59. The van der Waals surface area contributed by atoms with Crippen LogP contribution >= 0.6 is 11.6 Å². The van der Waals surface area contributed by atoms with Crippen LogP contribution in [0.5, 0.6) is 0 Å². The zero-order valence-corrected chi connectivity index (χ0v) is 8.24. The van der Waals surface area contributed by atoms with Gasteiger partial charge in [0, 0.05) is 5.70 Å². The fourth-order valence-corrected chi connectivity index (χ4v) is 1.61. The Hall–Kier alpha value is -0.500. The molecule has 0 aromatic heterocycles. The van der Waals surface area contributed by atoms with Gasteiger partial charge in [0.05, 0.1) is 0 Å². The summed E-state index contributed by atoms with van der Waals surface area (Å²) in [5.41, 5.74) is 2.38. The van der Waals surface area contributed by atoms with E-state index < -0.39 is 0 Å². The molecule has 1 rings (SSSR count). The summed E-state index contributed by atoms with van der Waals surface area (Å²) in [7, 11) is 0. The lowest BCUT2D eigenvalue weighted by Crippen LogP contribution is -2.26. The molecule has 1 atom stereocenters. The fraction of sp³-hybridized carbons (Fsp3) is 0.667. The molecule has 0 radical (unpaired) electrons. The number of rotatable bonds is 2. The molecule has 2 nitrogen and oxygen atoms in total. The van der Waals surface area contributed by atoms with Crippen LogP contribution in [0, 0.1) is 5.92 Å². The summed E-state index contributed by atoms with van der Waals surface area (Å²) in [5.74, 6) is 0.431. The van der Waals surface area contributed by atoms with E-state index in [2.05, 4.69) is 19.2 Å². The van der Waals surface area contributed by atoms with Crippen LogP contribution in [-0.4, -0.2) is 11.8 Å². The fourth-order valence-electron chi connectivity index (χ4n) is 1.55. The number of alkyl halides is 1. The largest absolute Gasteiger partial charge is 0.329 e. The highest BCUT2D eigenvalue weighted by Gasteiger charge is 2.20. The second kappa shape index (κ2) is 3.94. The number of allylic oxidation sites excluding steroid dienone is 2. The van der Waals surface area contributed by atoms with Crippen molar-refractivity contribution in [3.05, 3.63) is 11.3 Å². The quantitative estimate of drug-likeness (QED) is 0.659. The molecular weight excluding hydrogens is 174 g/mol. The van der Waals surface area contributed by atoms with Crippen molar-refractivity contribution in [2.24, 2.45) is 5.92 Å². The van der Waals surface area contributed by atoms with Crippen LogP contribution in [0.25, 0.3) is 0 Å². The Morgan fingerprint density at radius 1 is 1.75 bits per heavy atom. The van der Waals surface area contributed by atoms with Crippen molar-refractivity contribution in [3.8, 4) is 0 Å². The molecule has 0 aromatic rings. The molecule has 12 heavy (non-hydrogen) atoms. The summed E-state index contributed by atoms with van der Waals surface area (Å²) in [5, 5.41) is 2.84. The Kier molecular flexibility index (Phi) is 3.15. The van der Waals surface area contributed by atoms with Gasteiger partial charge in [-0.25, -0.2) is 0 Å². The lowest BCUT2D eigenvalue weighted by Gasteiger charge is -2.10. The molecule has 1 unspecified atom stereocenters. The molecule has 1 amide bonds. The highest BCUT2D eigenvalue weighted by Crippen LogP contribution is 2.28. The van der Waals surface area contributed by atoms with Gasteiger partial charge in [0.2, 0.25) is 5.91 Å². The van der Waals surface area contributed by atoms with Gasteiger partial charge >= 0.3 is 0 Å². The summed E-state index contributed by atoms with van der Waals surface area (Å²) in [6.45, 7) is 4.19. The van der Waals surface area contributed by atoms with Gasteiger partial charge in [-0.3, -0.25) is 4.79 Å². The average molecular weight is 188 g/mol. The number of hydrogen-bond acceptors (Lipinski definition) is 1. The van der Waals surface area contributed by atoms with E-state index in [0.717, 1.165) is 18.5 Å². The van der Waals surface area contributed by atoms with Gasteiger partial charge in [0.25, 0.3) is 0 Å². The van der Waals surface area contributed by atoms with Crippen LogP contribution in [0.15, 0.2) is 11.3 Å². The van der Waals surface area contributed by atoms with E-state index in [-0.39, 0.29) is 11.8 Å². The van der Waals surface area contributed by atoms with Gasteiger partial charge in [-0.05, 0) is 25.7 Å². The summed E-state index contributed by atoms with van der Waals surface area (Å²) in [6.07, 6.45) is 2.24. The van der Waals surface area contributed by atoms with E-state index in [1.165, 1.54) is 5.57 Å². The van der Waals surface area contributed by atoms with Crippen LogP contribution in [0.2, 0.25) is 0 Å². The maximum absolute atomic E-state index is 11.0. The Morgan fingerprint density at radius 2 is 2.42 bits per heavy atom. The van der Waals surface area contributed by atoms with Gasteiger partial charge in [-0.2, -0.15) is 0 Å². The molecule has 0 saturated heterocycles. The summed E-state index contributed by atoms with van der Waals surface area (Å²) >= 11 is 5.39. The summed E-state index contributed by atoms with van der Waals surface area (Å²) in [6, 6.07) is 0. The molecule has 0 aliphatic heterocycles. The van der Waals surface area contributed by atoms with Crippen LogP contribution in [0.4, 0.5) is 0 Å². The van der Waals surface area contributed by atoms with Gasteiger partial charge in [0.15, 0.2) is 0 Å². The third-order valence-corrected chi connectivity index (χ3v) is 2.54. The van der Waals surface area contributed by atoms with Crippen molar-refractivity contribution in [2.45, 2.75) is 26.7 Å². The monoisotopic (exact) mass is 187 g/mol. The van der Waals surface area contributed by atoms with Crippen molar-refractivity contribution in [1.82, 2.24) is 5.32 Å². The first-order valence-electron chi connectivity index (χ1n) is 4.20. The van der Waals surface area contributed by atoms with Crippen molar-refractivity contribution in [2.75, 3.05) is 5.88 Å². The number of carbonyl (C=O) groups excluding carboxylic acids is 1. The predicted octanol–water partition coefficient (Wildman–Crippen LogP) is 2.05. The van der Waals surface area contributed by atoms with Gasteiger partial charge in [-0.15, -0.1) is 11.6 Å². The van der Waals surface area contributed by atoms with Gasteiger partial charge in [-0.1, -0.05) is 12.5 Å². The second-order valence-electron chi connectivity index (χ2n) is 3.32. The van der Waals surface area contributed by atoms with Crippen molar-refractivity contribution < 1.29 is 4.79 Å². The molecule has 0 bridgehead atoms. The maximum Gasteiger partial charge on any atom is 0.239 e. The van der Waals surface area contributed by atoms with Crippen molar-refractivity contribution >= 4 is 17.5 Å². The third-order valence-electron chi connectivity index (χ3n) is 2.30. The SMILES string of the molecule is CC1=C(NC(=O)CCl)C(C)CC1. The Morgan fingerprint density at radius 3 is 2.83 bits per heavy atom. The minimum absolute atomic E-state index is 0.0451. The van der Waals surface area contributed by atoms with E-state index in [9.17, 15) is 4.79 Å². The highest BCUT2D eigenvalue weighted by molar-refractivity contribution is 6.27. The second-order valence-corrected chi connectivity index (χ2v) is 3.58. The molecule has 0 saturated carbocycles. The van der Waals surface area contributed by atoms with Crippen molar-refractivity contribution in [1.29, 1.82) is 0 Å². The maximum atomic E-state index is 11.0. The van der Waals surface area contributed by atoms with E-state index in [1.54, 1.807) is 0 Å². The summed E-state index contributed by atoms with van der Waals surface area (Å²) in [4.78, 5) is 11.0. The number of carbonyl (C=O) groups is 1. The molecule has 68 valence electrons. The topological polar surface area (TPSA) is 29.1 Å². The Labute approximate surface area is 78.0 Å². The number of hydrogen-bond donors (Lipinski definition) is 1. The molecule has 0 spiro atoms. The van der Waals surface area contributed by atoms with Gasteiger partial charge in [0.1, 0.15) is 5.88 Å². The van der Waals surface area contributed by atoms with Crippen LogP contribution in [0.3, 0.4) is 0 Å². The van der Waals surface area contributed by atoms with Crippen LogP contribution < -0.4 is 5.32 Å². The Bertz CT molecular complexity index is 223. The zero-order chi connectivity index (χ0) is 9.14. The summed E-state index contributed by atoms with van der Waals surface area (Å²) < 4.78 is 0. The number of amides is 1. The molecule has 0 aromatic carbocycles. The minimum atomic E-state index is -0.0974. The van der Waals surface area contributed by atoms with E-state index in [4.69, 9.17) is 11.6 Å². The molecule has 0 heterocycles. The van der Waals surface area contributed by atoms with Crippen LogP contribution in [-0.2, 0) is 4.79 Å². The molecule has 3 heteroatoms. The molecule has 1 aliphatic carbocycles. The molecule has 0 fully saturated rings. The van der Waals surface area contributed by atoms with E-state index in [0.29, 0.717) is 5.92 Å². The zero-order valence-electron chi connectivity index (χ0n) is 7.48. The van der Waals surface area contributed by atoms with Crippen LogP contribution in [0.1, 0.15) is 26.7 Å². The average Bonchev–Trinajstić information content (AvgIpc) is 2.35. The normalized spacial score (nSPS) is 23.1. The first-order valence-corrected chi connectivity index (χ1v) is 4.74. The number of halogens is 1. The van der Waals surface area contributed by atoms with E-state index in [1.807, 2.05) is 0 Å². The molecular formula is C9H14ClNO. The van der Waals surface area contributed by atoms with Crippen molar-refractivity contribution in [3.63, 3.8) is 0 Å². The molecule has 1 aliphatic rings. The first-order chi connectivity index (χ1) is 5.65. The Balaban J connectivity index is 2.61.